The number of carbonyl (C=O) groups is 1. The fourth-order valence-corrected chi connectivity index (χ4v) is 2.85. The molecular weight excluding hydrogens is 260 g/mol. The van der Waals surface area contributed by atoms with Gasteiger partial charge in [-0.05, 0) is 32.6 Å². The number of unbranched alkanes of at least 4 members (excludes halogenated alkanes) is 1. The average Bonchev–Trinajstić information content (AvgIpc) is 3.02. The van der Waals surface area contributed by atoms with Crippen LogP contribution in [0, 0.1) is 0 Å². The van der Waals surface area contributed by atoms with Crippen LogP contribution >= 0.6 is 11.8 Å². The SMILES string of the molecule is CC(CCCCSc1ncc[nH]1)(NC1CC1)C(N)=O. The second-order valence-electron chi connectivity index (χ2n) is 5.31. The van der Waals surface area contributed by atoms with Gasteiger partial charge in [0, 0.05) is 24.2 Å². The quantitative estimate of drug-likeness (QED) is 0.475. The molecule has 1 unspecified atom stereocenters. The first-order valence-electron chi connectivity index (χ1n) is 6.80. The summed E-state index contributed by atoms with van der Waals surface area (Å²) in [5.74, 6) is 0.768. The highest BCUT2D eigenvalue weighted by Gasteiger charge is 2.36. The number of hydrogen-bond donors (Lipinski definition) is 3. The molecule has 0 spiro atoms. The minimum atomic E-state index is -0.545. The van der Waals surface area contributed by atoms with Crippen molar-refractivity contribution in [1.29, 1.82) is 0 Å². The zero-order valence-corrected chi connectivity index (χ0v) is 12.1. The van der Waals surface area contributed by atoms with E-state index in [0.717, 1.165) is 43.0 Å². The van der Waals surface area contributed by atoms with Crippen LogP contribution in [0.1, 0.15) is 39.0 Å². The number of carbonyl (C=O) groups excluding carboxylic acids is 1. The number of amides is 1. The second-order valence-corrected chi connectivity index (χ2v) is 6.40. The van der Waals surface area contributed by atoms with Gasteiger partial charge in [-0.15, -0.1) is 0 Å². The number of nitrogens with two attached hydrogens (primary N) is 1. The van der Waals surface area contributed by atoms with E-state index in [1.807, 2.05) is 13.1 Å². The van der Waals surface area contributed by atoms with Gasteiger partial charge in [0.1, 0.15) is 0 Å². The molecule has 1 aromatic rings. The third-order valence-corrected chi connectivity index (χ3v) is 4.42. The van der Waals surface area contributed by atoms with Crippen molar-refractivity contribution in [2.24, 2.45) is 5.73 Å². The van der Waals surface area contributed by atoms with Crippen LogP contribution in [-0.2, 0) is 4.79 Å². The summed E-state index contributed by atoms with van der Waals surface area (Å²) in [7, 11) is 0. The lowest BCUT2D eigenvalue weighted by Crippen LogP contribution is -2.53. The summed E-state index contributed by atoms with van der Waals surface area (Å²) in [6.07, 6.45) is 8.76. The largest absolute Gasteiger partial charge is 0.368 e. The van der Waals surface area contributed by atoms with E-state index in [9.17, 15) is 4.79 Å². The van der Waals surface area contributed by atoms with Gasteiger partial charge >= 0.3 is 0 Å². The molecule has 1 atom stereocenters. The predicted molar refractivity (Wildman–Crippen MR) is 76.9 cm³/mol. The maximum atomic E-state index is 11.6. The lowest BCUT2D eigenvalue weighted by Gasteiger charge is -2.27. The first-order chi connectivity index (χ1) is 9.10. The molecule has 19 heavy (non-hydrogen) atoms. The third-order valence-electron chi connectivity index (χ3n) is 3.43. The monoisotopic (exact) mass is 282 g/mol. The summed E-state index contributed by atoms with van der Waals surface area (Å²) in [4.78, 5) is 18.8. The fourth-order valence-electron chi connectivity index (χ4n) is 2.02. The van der Waals surface area contributed by atoms with E-state index in [1.54, 1.807) is 18.0 Å². The number of nitrogens with zero attached hydrogens (tertiary/aromatic N) is 1. The minimum Gasteiger partial charge on any atom is -0.368 e. The molecule has 1 aromatic heterocycles. The molecule has 1 aliphatic rings. The number of primary amides is 1. The summed E-state index contributed by atoms with van der Waals surface area (Å²) < 4.78 is 0. The summed E-state index contributed by atoms with van der Waals surface area (Å²) in [5.41, 5.74) is 4.97. The van der Waals surface area contributed by atoms with E-state index in [-0.39, 0.29) is 5.91 Å². The molecule has 1 aliphatic carbocycles. The zero-order valence-electron chi connectivity index (χ0n) is 11.3. The Morgan fingerprint density at radius 1 is 1.63 bits per heavy atom. The average molecular weight is 282 g/mol. The van der Waals surface area contributed by atoms with Crippen LogP contribution in [0.2, 0.25) is 0 Å². The van der Waals surface area contributed by atoms with Gasteiger partial charge in [0.05, 0.1) is 5.54 Å². The first kappa shape index (κ1) is 14.4. The molecule has 6 heteroatoms. The summed E-state index contributed by atoms with van der Waals surface area (Å²) in [5, 5.41) is 4.32. The Morgan fingerprint density at radius 2 is 2.42 bits per heavy atom. The van der Waals surface area contributed by atoms with Crippen LogP contribution in [0.15, 0.2) is 17.6 Å². The van der Waals surface area contributed by atoms with Crippen molar-refractivity contribution in [3.05, 3.63) is 12.4 Å². The highest BCUT2D eigenvalue weighted by Crippen LogP contribution is 2.25. The van der Waals surface area contributed by atoms with Gasteiger partial charge < -0.3 is 16.0 Å². The van der Waals surface area contributed by atoms with Crippen LogP contribution in [-0.4, -0.2) is 33.2 Å². The van der Waals surface area contributed by atoms with Gasteiger partial charge in [-0.1, -0.05) is 18.2 Å². The van der Waals surface area contributed by atoms with Crippen molar-refractivity contribution >= 4 is 17.7 Å². The van der Waals surface area contributed by atoms with E-state index < -0.39 is 5.54 Å². The first-order valence-corrected chi connectivity index (χ1v) is 7.78. The Hall–Kier alpha value is -1.01. The Bertz CT molecular complexity index is 405. The Kier molecular flexibility index (Phi) is 4.87. The van der Waals surface area contributed by atoms with Crippen LogP contribution in [0.3, 0.4) is 0 Å². The van der Waals surface area contributed by atoms with Crippen molar-refractivity contribution in [3.63, 3.8) is 0 Å². The summed E-state index contributed by atoms with van der Waals surface area (Å²) in [6.45, 7) is 1.92. The van der Waals surface area contributed by atoms with Crippen LogP contribution in [0.4, 0.5) is 0 Å². The van der Waals surface area contributed by atoms with E-state index in [0.29, 0.717) is 6.04 Å². The molecule has 2 rings (SSSR count). The molecule has 0 radical (unpaired) electrons. The molecule has 1 amide bonds. The number of hydrogen-bond acceptors (Lipinski definition) is 4. The Balaban J connectivity index is 1.65. The molecule has 5 nitrogen and oxygen atoms in total. The van der Waals surface area contributed by atoms with E-state index >= 15 is 0 Å². The lowest BCUT2D eigenvalue weighted by atomic mass is 9.94. The highest BCUT2D eigenvalue weighted by molar-refractivity contribution is 7.99. The number of nitrogens with one attached hydrogen (secondary N) is 2. The summed E-state index contributed by atoms with van der Waals surface area (Å²) >= 11 is 1.71. The minimum absolute atomic E-state index is 0.238. The number of rotatable bonds is 9. The Labute approximate surface area is 118 Å². The number of thioether (sulfide) groups is 1. The van der Waals surface area contributed by atoms with Crippen LogP contribution in [0.25, 0.3) is 0 Å². The van der Waals surface area contributed by atoms with Crippen molar-refractivity contribution in [2.45, 2.75) is 55.8 Å². The highest BCUT2D eigenvalue weighted by atomic mass is 32.2. The zero-order chi connectivity index (χ0) is 13.7. The van der Waals surface area contributed by atoms with Gasteiger partial charge in [-0.25, -0.2) is 4.98 Å². The maximum Gasteiger partial charge on any atom is 0.237 e. The Morgan fingerprint density at radius 3 is 3.00 bits per heavy atom. The normalized spacial score (nSPS) is 18.2. The number of aromatic amines is 1. The van der Waals surface area contributed by atoms with Gasteiger partial charge in [-0.3, -0.25) is 4.79 Å². The number of imidazole rings is 1. The van der Waals surface area contributed by atoms with Crippen molar-refractivity contribution in [1.82, 2.24) is 15.3 Å². The molecule has 0 saturated heterocycles. The number of H-pyrrole nitrogens is 1. The molecule has 1 fully saturated rings. The molecule has 4 N–H and O–H groups in total. The lowest BCUT2D eigenvalue weighted by molar-refractivity contribution is -0.124. The molecule has 1 heterocycles. The van der Waals surface area contributed by atoms with Crippen molar-refractivity contribution < 1.29 is 4.79 Å². The molecule has 0 aliphatic heterocycles. The van der Waals surface area contributed by atoms with Crippen molar-refractivity contribution in [3.8, 4) is 0 Å². The topological polar surface area (TPSA) is 83.8 Å². The smallest absolute Gasteiger partial charge is 0.237 e. The van der Waals surface area contributed by atoms with E-state index in [2.05, 4.69) is 15.3 Å². The predicted octanol–water partition coefficient (Wildman–Crippen LogP) is 1.67. The van der Waals surface area contributed by atoms with Crippen molar-refractivity contribution in [2.75, 3.05) is 5.75 Å². The second kappa shape index (κ2) is 6.43. The number of aromatic nitrogens is 2. The molecule has 0 bridgehead atoms. The fraction of sp³-hybridized carbons (Fsp3) is 0.692. The standard InChI is InChI=1S/C13H22N4OS/c1-13(11(14)18,17-10-4-5-10)6-2-3-9-19-12-15-7-8-16-12/h7-8,10,17H,2-6,9H2,1H3,(H2,14,18)(H,15,16). The van der Waals surface area contributed by atoms with Crippen LogP contribution in [0.5, 0.6) is 0 Å². The van der Waals surface area contributed by atoms with Gasteiger partial charge in [0.2, 0.25) is 5.91 Å². The van der Waals surface area contributed by atoms with Gasteiger partial charge in [0.25, 0.3) is 0 Å². The van der Waals surface area contributed by atoms with Gasteiger partial charge in [-0.2, -0.15) is 0 Å². The van der Waals surface area contributed by atoms with E-state index in [1.165, 1.54) is 0 Å². The molecule has 1 saturated carbocycles. The molecular formula is C13H22N4OS. The molecule has 0 aromatic carbocycles. The van der Waals surface area contributed by atoms with Crippen LogP contribution < -0.4 is 11.1 Å². The third kappa shape index (κ3) is 4.54. The summed E-state index contributed by atoms with van der Waals surface area (Å²) in [6, 6.07) is 0.495. The molecule has 106 valence electrons. The van der Waals surface area contributed by atoms with Gasteiger partial charge in [0.15, 0.2) is 5.16 Å². The maximum absolute atomic E-state index is 11.6. The van der Waals surface area contributed by atoms with E-state index in [4.69, 9.17) is 5.73 Å².